The van der Waals surface area contributed by atoms with Gasteiger partial charge in [0.15, 0.2) is 0 Å². The largest absolute Gasteiger partial charge is 0.125 e. The SMILES string of the molecule is Cc1cccc(SCCBr)c1. The molecular weight excluding hydrogens is 220 g/mol. The predicted molar refractivity (Wildman–Crippen MR) is 55.7 cm³/mol. The van der Waals surface area contributed by atoms with E-state index in [-0.39, 0.29) is 0 Å². The van der Waals surface area contributed by atoms with Gasteiger partial charge >= 0.3 is 0 Å². The summed E-state index contributed by atoms with van der Waals surface area (Å²) in [6.07, 6.45) is 0. The number of hydrogen-bond donors (Lipinski definition) is 0. The van der Waals surface area contributed by atoms with Gasteiger partial charge in [0.05, 0.1) is 0 Å². The summed E-state index contributed by atoms with van der Waals surface area (Å²) in [5, 5.41) is 1.06. The molecule has 0 aromatic heterocycles. The fourth-order valence-corrected chi connectivity index (χ4v) is 2.10. The van der Waals surface area contributed by atoms with Gasteiger partial charge in [0.1, 0.15) is 0 Å². The van der Waals surface area contributed by atoms with Crippen LogP contribution in [0.25, 0.3) is 0 Å². The molecule has 0 spiro atoms. The Morgan fingerprint density at radius 3 is 2.91 bits per heavy atom. The minimum absolute atomic E-state index is 1.06. The van der Waals surface area contributed by atoms with Crippen LogP contribution in [-0.4, -0.2) is 11.1 Å². The zero-order chi connectivity index (χ0) is 8.10. The Bertz CT molecular complexity index is 223. The van der Waals surface area contributed by atoms with Gasteiger partial charge in [0, 0.05) is 16.0 Å². The van der Waals surface area contributed by atoms with Gasteiger partial charge in [0.25, 0.3) is 0 Å². The highest BCUT2D eigenvalue weighted by Gasteiger charge is 1.91. The Morgan fingerprint density at radius 1 is 1.45 bits per heavy atom. The topological polar surface area (TPSA) is 0 Å². The molecule has 0 nitrogen and oxygen atoms in total. The van der Waals surface area contributed by atoms with Crippen LogP contribution < -0.4 is 0 Å². The first-order valence-corrected chi connectivity index (χ1v) is 5.69. The molecule has 0 unspecified atom stereocenters. The molecule has 0 saturated heterocycles. The highest BCUT2D eigenvalue weighted by Crippen LogP contribution is 2.18. The number of hydrogen-bond acceptors (Lipinski definition) is 1. The summed E-state index contributed by atoms with van der Waals surface area (Å²) < 4.78 is 0. The predicted octanol–water partition coefficient (Wildman–Crippen LogP) is 3.48. The van der Waals surface area contributed by atoms with E-state index in [4.69, 9.17) is 0 Å². The fourth-order valence-electron chi connectivity index (χ4n) is 0.862. The smallest absolute Gasteiger partial charge is 0.0126 e. The van der Waals surface area contributed by atoms with Crippen LogP contribution in [0.5, 0.6) is 0 Å². The third-order valence-corrected chi connectivity index (χ3v) is 3.25. The summed E-state index contributed by atoms with van der Waals surface area (Å²) in [5.41, 5.74) is 1.34. The van der Waals surface area contributed by atoms with Crippen molar-refractivity contribution in [2.45, 2.75) is 11.8 Å². The summed E-state index contributed by atoms with van der Waals surface area (Å²) in [6, 6.07) is 8.59. The van der Waals surface area contributed by atoms with Gasteiger partial charge in [-0.3, -0.25) is 0 Å². The van der Waals surface area contributed by atoms with Crippen molar-refractivity contribution in [1.82, 2.24) is 0 Å². The van der Waals surface area contributed by atoms with E-state index < -0.39 is 0 Å². The molecule has 0 amide bonds. The second-order valence-corrected chi connectivity index (χ2v) is 4.32. The molecule has 11 heavy (non-hydrogen) atoms. The zero-order valence-corrected chi connectivity index (χ0v) is 8.91. The highest BCUT2D eigenvalue weighted by molar-refractivity contribution is 9.09. The van der Waals surface area contributed by atoms with Gasteiger partial charge in [-0.1, -0.05) is 33.6 Å². The van der Waals surface area contributed by atoms with Gasteiger partial charge in [-0.15, -0.1) is 11.8 Å². The average molecular weight is 231 g/mol. The number of aryl methyl sites for hydroxylation is 1. The van der Waals surface area contributed by atoms with Gasteiger partial charge in [-0.05, 0) is 19.1 Å². The van der Waals surface area contributed by atoms with Crippen molar-refractivity contribution >= 4 is 27.7 Å². The Kier molecular flexibility index (Phi) is 4.02. The first-order chi connectivity index (χ1) is 5.33. The standard InChI is InChI=1S/C9H11BrS/c1-8-3-2-4-9(7-8)11-6-5-10/h2-4,7H,5-6H2,1H3. The number of alkyl halides is 1. The van der Waals surface area contributed by atoms with Crippen LogP contribution in [0.15, 0.2) is 29.2 Å². The summed E-state index contributed by atoms with van der Waals surface area (Å²) >= 11 is 5.29. The van der Waals surface area contributed by atoms with Crippen molar-refractivity contribution in [1.29, 1.82) is 0 Å². The fraction of sp³-hybridized carbons (Fsp3) is 0.333. The van der Waals surface area contributed by atoms with Crippen molar-refractivity contribution in [3.8, 4) is 0 Å². The lowest BCUT2D eigenvalue weighted by atomic mass is 10.2. The van der Waals surface area contributed by atoms with E-state index >= 15 is 0 Å². The first kappa shape index (κ1) is 9.14. The van der Waals surface area contributed by atoms with Crippen LogP contribution in [0.1, 0.15) is 5.56 Å². The lowest BCUT2D eigenvalue weighted by Gasteiger charge is -1.99. The number of rotatable bonds is 3. The first-order valence-electron chi connectivity index (χ1n) is 3.58. The Labute approximate surface area is 80.5 Å². The minimum atomic E-state index is 1.06. The second kappa shape index (κ2) is 4.83. The molecule has 60 valence electrons. The molecule has 0 N–H and O–H groups in total. The van der Waals surface area contributed by atoms with Gasteiger partial charge in [0.2, 0.25) is 0 Å². The van der Waals surface area contributed by atoms with Crippen molar-refractivity contribution in [3.05, 3.63) is 29.8 Å². The molecule has 0 radical (unpaired) electrons. The van der Waals surface area contributed by atoms with E-state index in [2.05, 4.69) is 47.1 Å². The third-order valence-electron chi connectivity index (χ3n) is 1.34. The third kappa shape index (κ3) is 3.30. The molecule has 1 aromatic rings. The van der Waals surface area contributed by atoms with Crippen LogP contribution in [0.4, 0.5) is 0 Å². The molecule has 0 aliphatic carbocycles. The highest BCUT2D eigenvalue weighted by atomic mass is 79.9. The lowest BCUT2D eigenvalue weighted by Crippen LogP contribution is -1.79. The molecule has 1 aromatic carbocycles. The maximum Gasteiger partial charge on any atom is 0.0126 e. The summed E-state index contributed by atoms with van der Waals surface area (Å²) in [5.74, 6) is 1.14. The molecule has 0 heterocycles. The van der Waals surface area contributed by atoms with Gasteiger partial charge in [-0.2, -0.15) is 0 Å². The van der Waals surface area contributed by atoms with Gasteiger partial charge in [-0.25, -0.2) is 0 Å². The average Bonchev–Trinajstić information content (AvgIpc) is 2.01. The Hall–Kier alpha value is 0.0500. The lowest BCUT2D eigenvalue weighted by molar-refractivity contribution is 1.36. The summed E-state index contributed by atoms with van der Waals surface area (Å²) in [4.78, 5) is 1.37. The minimum Gasteiger partial charge on any atom is -0.125 e. The van der Waals surface area contributed by atoms with Crippen molar-refractivity contribution < 1.29 is 0 Å². The molecule has 0 aliphatic rings. The van der Waals surface area contributed by atoms with E-state index in [0.717, 1.165) is 11.1 Å². The molecule has 1 rings (SSSR count). The molecule has 0 fully saturated rings. The van der Waals surface area contributed by atoms with E-state index in [1.54, 1.807) is 0 Å². The number of halogens is 1. The van der Waals surface area contributed by atoms with E-state index in [9.17, 15) is 0 Å². The van der Waals surface area contributed by atoms with Crippen molar-refractivity contribution in [2.24, 2.45) is 0 Å². The zero-order valence-electron chi connectivity index (χ0n) is 6.51. The maximum absolute atomic E-state index is 3.40. The molecule has 0 atom stereocenters. The molecule has 0 aliphatic heterocycles. The molecule has 0 bridgehead atoms. The van der Waals surface area contributed by atoms with Crippen LogP contribution >= 0.6 is 27.7 Å². The van der Waals surface area contributed by atoms with E-state index in [1.807, 2.05) is 11.8 Å². The monoisotopic (exact) mass is 230 g/mol. The van der Waals surface area contributed by atoms with Gasteiger partial charge < -0.3 is 0 Å². The van der Waals surface area contributed by atoms with Crippen LogP contribution in [-0.2, 0) is 0 Å². The molecule has 0 saturated carbocycles. The van der Waals surface area contributed by atoms with E-state index in [0.29, 0.717) is 0 Å². The van der Waals surface area contributed by atoms with Crippen LogP contribution in [0, 0.1) is 6.92 Å². The number of thioether (sulfide) groups is 1. The Balaban J connectivity index is 2.56. The molecule has 2 heteroatoms. The number of benzene rings is 1. The maximum atomic E-state index is 3.40. The second-order valence-electron chi connectivity index (χ2n) is 2.35. The van der Waals surface area contributed by atoms with Crippen LogP contribution in [0.2, 0.25) is 0 Å². The normalized spacial score (nSPS) is 10.0. The molecular formula is C9H11BrS. The summed E-state index contributed by atoms with van der Waals surface area (Å²) in [7, 11) is 0. The quantitative estimate of drug-likeness (QED) is 0.566. The Morgan fingerprint density at radius 2 is 2.27 bits per heavy atom. The summed E-state index contributed by atoms with van der Waals surface area (Å²) in [6.45, 7) is 2.12. The van der Waals surface area contributed by atoms with E-state index in [1.165, 1.54) is 10.5 Å². The van der Waals surface area contributed by atoms with Crippen molar-refractivity contribution in [3.63, 3.8) is 0 Å². The van der Waals surface area contributed by atoms with Crippen LogP contribution in [0.3, 0.4) is 0 Å². The van der Waals surface area contributed by atoms with Crippen molar-refractivity contribution in [2.75, 3.05) is 11.1 Å².